The number of rotatable bonds is 6. The maximum atomic E-state index is 5.58. The lowest BCUT2D eigenvalue weighted by Crippen LogP contribution is -2.49. The Labute approximate surface area is 113 Å². The molecule has 0 saturated carbocycles. The van der Waals surface area contributed by atoms with Crippen LogP contribution in [0.15, 0.2) is 28.7 Å². The molecule has 3 heteroatoms. The van der Waals surface area contributed by atoms with Gasteiger partial charge in [0.1, 0.15) is 0 Å². The molecule has 1 N–H and O–H groups in total. The second-order valence-corrected chi connectivity index (χ2v) is 5.67. The van der Waals surface area contributed by atoms with Gasteiger partial charge in [0.05, 0.1) is 5.60 Å². The highest BCUT2D eigenvalue weighted by Gasteiger charge is 2.28. The minimum atomic E-state index is -0.168. The van der Waals surface area contributed by atoms with Crippen LogP contribution in [0.5, 0.6) is 0 Å². The van der Waals surface area contributed by atoms with Crippen molar-refractivity contribution in [2.45, 2.75) is 38.8 Å². The van der Waals surface area contributed by atoms with E-state index in [1.54, 1.807) is 7.11 Å². The zero-order chi connectivity index (χ0) is 12.9. The predicted molar refractivity (Wildman–Crippen MR) is 76.4 cm³/mol. The smallest absolute Gasteiger partial charge is 0.0778 e. The van der Waals surface area contributed by atoms with Crippen LogP contribution in [0.3, 0.4) is 0 Å². The summed E-state index contributed by atoms with van der Waals surface area (Å²) < 4.78 is 6.71. The van der Waals surface area contributed by atoms with Crippen molar-refractivity contribution in [2.75, 3.05) is 13.7 Å². The molecule has 1 unspecified atom stereocenters. The molecule has 2 nitrogen and oxygen atoms in total. The van der Waals surface area contributed by atoms with Gasteiger partial charge in [-0.3, -0.25) is 0 Å². The van der Waals surface area contributed by atoms with Gasteiger partial charge in [0.15, 0.2) is 0 Å². The fourth-order valence-electron chi connectivity index (χ4n) is 1.85. The molecular weight excluding hydrogens is 278 g/mol. The van der Waals surface area contributed by atoms with Crippen LogP contribution in [0.4, 0.5) is 0 Å². The maximum Gasteiger partial charge on any atom is 0.0778 e. The Morgan fingerprint density at radius 3 is 2.65 bits per heavy atom. The fraction of sp³-hybridized carbons (Fsp3) is 0.571. The Hall–Kier alpha value is -0.380. The molecule has 1 atom stereocenters. The quantitative estimate of drug-likeness (QED) is 0.869. The number of ether oxygens (including phenoxy) is 1. The van der Waals surface area contributed by atoms with Gasteiger partial charge in [-0.05, 0) is 44.5 Å². The monoisotopic (exact) mass is 299 g/mol. The molecule has 0 amide bonds. The summed E-state index contributed by atoms with van der Waals surface area (Å²) in [5.41, 5.74) is 1.15. The van der Waals surface area contributed by atoms with Crippen LogP contribution in [0.2, 0.25) is 0 Å². The number of halogens is 1. The molecule has 1 rings (SSSR count). The molecule has 0 aliphatic carbocycles. The predicted octanol–water partition coefficient (Wildman–Crippen LogP) is 3.39. The summed E-state index contributed by atoms with van der Waals surface area (Å²) in [5, 5.41) is 3.50. The van der Waals surface area contributed by atoms with Gasteiger partial charge < -0.3 is 10.1 Å². The SMILES string of the molecule is CCNC(Cc1cccc(Br)c1)C(C)(C)OC. The van der Waals surface area contributed by atoms with Crippen molar-refractivity contribution >= 4 is 15.9 Å². The average molecular weight is 300 g/mol. The fourth-order valence-corrected chi connectivity index (χ4v) is 2.30. The normalized spacial score (nSPS) is 13.7. The van der Waals surface area contributed by atoms with Crippen LogP contribution >= 0.6 is 15.9 Å². The maximum absolute atomic E-state index is 5.58. The number of likely N-dealkylation sites (N-methyl/N-ethyl adjacent to an activating group) is 1. The lowest BCUT2D eigenvalue weighted by Gasteiger charge is -2.34. The van der Waals surface area contributed by atoms with Gasteiger partial charge in [-0.1, -0.05) is 35.0 Å². The van der Waals surface area contributed by atoms with E-state index in [0.717, 1.165) is 17.4 Å². The number of nitrogens with one attached hydrogen (secondary N) is 1. The van der Waals surface area contributed by atoms with Gasteiger partial charge in [0.25, 0.3) is 0 Å². The van der Waals surface area contributed by atoms with Crippen molar-refractivity contribution in [3.8, 4) is 0 Å². The number of hydrogen-bond donors (Lipinski definition) is 1. The molecule has 0 aliphatic rings. The Bertz CT molecular complexity index is 352. The van der Waals surface area contributed by atoms with Crippen LogP contribution in [-0.2, 0) is 11.2 Å². The summed E-state index contributed by atoms with van der Waals surface area (Å²) in [7, 11) is 1.77. The molecular formula is C14H22BrNO. The molecule has 1 aromatic rings. The van der Waals surface area contributed by atoms with Gasteiger partial charge in [-0.15, -0.1) is 0 Å². The summed E-state index contributed by atoms with van der Waals surface area (Å²) in [6.07, 6.45) is 0.966. The van der Waals surface area contributed by atoms with Crippen molar-refractivity contribution in [1.29, 1.82) is 0 Å². The Morgan fingerprint density at radius 2 is 2.12 bits per heavy atom. The molecule has 1 aromatic carbocycles. The van der Waals surface area contributed by atoms with Crippen LogP contribution in [0.1, 0.15) is 26.3 Å². The number of benzene rings is 1. The lowest BCUT2D eigenvalue weighted by atomic mass is 9.92. The van der Waals surface area contributed by atoms with Crippen molar-refractivity contribution in [3.63, 3.8) is 0 Å². The van der Waals surface area contributed by atoms with Crippen molar-refractivity contribution < 1.29 is 4.74 Å². The number of methoxy groups -OCH3 is 1. The standard InChI is InChI=1S/C14H22BrNO/c1-5-16-13(14(2,3)17-4)10-11-7-6-8-12(15)9-11/h6-9,13,16H,5,10H2,1-4H3. The molecule has 0 spiro atoms. The minimum absolute atomic E-state index is 0.168. The van der Waals surface area contributed by atoms with Crippen LogP contribution < -0.4 is 5.32 Å². The highest BCUT2D eigenvalue weighted by Crippen LogP contribution is 2.20. The first-order chi connectivity index (χ1) is 7.99. The minimum Gasteiger partial charge on any atom is -0.377 e. The van der Waals surface area contributed by atoms with E-state index in [0.29, 0.717) is 6.04 Å². The molecule has 0 radical (unpaired) electrons. The van der Waals surface area contributed by atoms with E-state index in [1.165, 1.54) is 5.56 Å². The second kappa shape index (κ2) is 6.53. The van der Waals surface area contributed by atoms with Crippen molar-refractivity contribution in [1.82, 2.24) is 5.32 Å². The first-order valence-corrected chi connectivity index (χ1v) is 6.82. The van der Waals surface area contributed by atoms with E-state index in [4.69, 9.17) is 4.74 Å². The third kappa shape index (κ3) is 4.41. The summed E-state index contributed by atoms with van der Waals surface area (Å²) in [5.74, 6) is 0. The highest BCUT2D eigenvalue weighted by atomic mass is 79.9. The van der Waals surface area contributed by atoms with E-state index in [-0.39, 0.29) is 5.60 Å². The Morgan fingerprint density at radius 1 is 1.41 bits per heavy atom. The largest absolute Gasteiger partial charge is 0.377 e. The molecule has 0 saturated heterocycles. The summed E-state index contributed by atoms with van der Waals surface area (Å²) in [4.78, 5) is 0. The molecule has 0 bridgehead atoms. The molecule has 0 aromatic heterocycles. The summed E-state index contributed by atoms with van der Waals surface area (Å²) >= 11 is 3.51. The molecule has 96 valence electrons. The average Bonchev–Trinajstić information content (AvgIpc) is 2.28. The van der Waals surface area contributed by atoms with Crippen molar-refractivity contribution in [3.05, 3.63) is 34.3 Å². The van der Waals surface area contributed by atoms with E-state index in [1.807, 2.05) is 6.07 Å². The first kappa shape index (κ1) is 14.7. The van der Waals surface area contributed by atoms with E-state index >= 15 is 0 Å². The summed E-state index contributed by atoms with van der Waals surface area (Å²) in [6.45, 7) is 7.32. The van der Waals surface area contributed by atoms with Crippen LogP contribution in [-0.4, -0.2) is 25.3 Å². The van der Waals surface area contributed by atoms with Gasteiger partial charge in [-0.25, -0.2) is 0 Å². The lowest BCUT2D eigenvalue weighted by molar-refractivity contribution is -0.00960. The third-order valence-electron chi connectivity index (χ3n) is 3.14. The Kier molecular flexibility index (Phi) is 5.63. The second-order valence-electron chi connectivity index (χ2n) is 4.75. The van der Waals surface area contributed by atoms with E-state index in [9.17, 15) is 0 Å². The van der Waals surface area contributed by atoms with Crippen molar-refractivity contribution in [2.24, 2.45) is 0 Å². The zero-order valence-electron chi connectivity index (χ0n) is 11.1. The van der Waals surface area contributed by atoms with E-state index < -0.39 is 0 Å². The topological polar surface area (TPSA) is 21.3 Å². The van der Waals surface area contributed by atoms with Crippen LogP contribution in [0.25, 0.3) is 0 Å². The molecule has 0 aliphatic heterocycles. The first-order valence-electron chi connectivity index (χ1n) is 6.02. The van der Waals surface area contributed by atoms with Crippen LogP contribution in [0, 0.1) is 0 Å². The number of hydrogen-bond acceptors (Lipinski definition) is 2. The van der Waals surface area contributed by atoms with Gasteiger partial charge in [0.2, 0.25) is 0 Å². The summed E-state index contributed by atoms with van der Waals surface area (Å²) in [6, 6.07) is 8.75. The highest BCUT2D eigenvalue weighted by molar-refractivity contribution is 9.10. The molecule has 0 fully saturated rings. The van der Waals surface area contributed by atoms with Gasteiger partial charge in [-0.2, -0.15) is 0 Å². The van der Waals surface area contributed by atoms with Gasteiger partial charge >= 0.3 is 0 Å². The Balaban J connectivity index is 2.80. The van der Waals surface area contributed by atoms with E-state index in [2.05, 4.69) is 60.2 Å². The zero-order valence-corrected chi connectivity index (χ0v) is 12.7. The molecule has 17 heavy (non-hydrogen) atoms. The van der Waals surface area contributed by atoms with Gasteiger partial charge in [0, 0.05) is 17.6 Å². The third-order valence-corrected chi connectivity index (χ3v) is 3.64. The molecule has 0 heterocycles.